The van der Waals surface area contributed by atoms with Crippen LogP contribution >= 0.6 is 0 Å². The summed E-state index contributed by atoms with van der Waals surface area (Å²) in [6.45, 7) is 0.698. The first-order valence-corrected chi connectivity index (χ1v) is 5.55. The Kier molecular flexibility index (Phi) is 2.92. The molecular weight excluding hydrogens is 202 g/mol. The van der Waals surface area contributed by atoms with Gasteiger partial charge >= 0.3 is 0 Å². The average Bonchev–Trinajstić information content (AvgIpc) is 3.06. The molecule has 16 heavy (non-hydrogen) atoms. The summed E-state index contributed by atoms with van der Waals surface area (Å²) in [6, 6.07) is 3.92. The van der Waals surface area contributed by atoms with Crippen LogP contribution < -0.4 is 5.73 Å². The van der Waals surface area contributed by atoms with E-state index in [-0.39, 0.29) is 5.91 Å². The lowest BCUT2D eigenvalue weighted by atomic mass is 10.2. The Bertz CT molecular complexity index is 373. The topological polar surface area (TPSA) is 59.2 Å². The number of carbonyl (C=O) groups is 1. The van der Waals surface area contributed by atoms with E-state index in [4.69, 9.17) is 5.73 Å². The largest absolute Gasteiger partial charge is 0.344 e. The average molecular weight is 219 g/mol. The molecule has 86 valence electrons. The summed E-state index contributed by atoms with van der Waals surface area (Å²) in [5.74, 6) is 0.0661. The Morgan fingerprint density at radius 2 is 2.38 bits per heavy atom. The minimum atomic E-state index is -0.552. The molecule has 1 aliphatic carbocycles. The van der Waals surface area contributed by atoms with Gasteiger partial charge in [0.15, 0.2) is 0 Å². The third-order valence-corrected chi connectivity index (χ3v) is 3.02. The lowest BCUT2D eigenvalue weighted by Crippen LogP contribution is -2.44. The number of rotatable bonds is 4. The normalized spacial score (nSPS) is 16.9. The standard InChI is InChI=1S/C12H17N3O/c1-15(11(16)12(13)5-6-12)8-4-10-3-2-7-14-9-10/h2-3,7,9H,4-6,8,13H2,1H3. The number of hydrogen-bond acceptors (Lipinski definition) is 3. The maximum atomic E-state index is 11.8. The molecule has 0 radical (unpaired) electrons. The van der Waals surface area contributed by atoms with Gasteiger partial charge in [-0.2, -0.15) is 0 Å². The van der Waals surface area contributed by atoms with Crippen LogP contribution in [0.1, 0.15) is 18.4 Å². The summed E-state index contributed by atoms with van der Waals surface area (Å²) in [6.07, 6.45) is 6.05. The van der Waals surface area contributed by atoms with Crippen molar-refractivity contribution in [2.24, 2.45) is 5.73 Å². The van der Waals surface area contributed by atoms with E-state index in [2.05, 4.69) is 4.98 Å². The molecule has 0 aromatic carbocycles. The first-order chi connectivity index (χ1) is 7.62. The van der Waals surface area contributed by atoms with Crippen LogP contribution in [0, 0.1) is 0 Å². The van der Waals surface area contributed by atoms with E-state index in [1.54, 1.807) is 11.1 Å². The summed E-state index contributed by atoms with van der Waals surface area (Å²) >= 11 is 0. The molecule has 1 aliphatic rings. The molecule has 1 aromatic rings. The number of nitrogens with zero attached hydrogens (tertiary/aromatic N) is 2. The van der Waals surface area contributed by atoms with Crippen LogP contribution in [0.4, 0.5) is 0 Å². The van der Waals surface area contributed by atoms with E-state index in [0.717, 1.165) is 24.8 Å². The second kappa shape index (κ2) is 4.22. The van der Waals surface area contributed by atoms with Gasteiger partial charge in [-0.05, 0) is 30.9 Å². The van der Waals surface area contributed by atoms with Gasteiger partial charge in [-0.15, -0.1) is 0 Å². The van der Waals surface area contributed by atoms with Crippen molar-refractivity contribution in [3.63, 3.8) is 0 Å². The van der Waals surface area contributed by atoms with Crippen molar-refractivity contribution >= 4 is 5.91 Å². The Morgan fingerprint density at radius 1 is 1.62 bits per heavy atom. The van der Waals surface area contributed by atoms with Gasteiger partial charge in [0.2, 0.25) is 5.91 Å². The molecule has 0 aliphatic heterocycles. The Hall–Kier alpha value is -1.42. The quantitative estimate of drug-likeness (QED) is 0.805. The number of carbonyl (C=O) groups excluding carboxylic acids is 1. The van der Waals surface area contributed by atoms with Crippen LogP contribution in [0.3, 0.4) is 0 Å². The summed E-state index contributed by atoms with van der Waals surface area (Å²) in [5, 5.41) is 0. The molecule has 1 aromatic heterocycles. The van der Waals surface area contributed by atoms with Gasteiger partial charge in [-0.25, -0.2) is 0 Å². The van der Waals surface area contributed by atoms with Crippen LogP contribution in [0.15, 0.2) is 24.5 Å². The first-order valence-electron chi connectivity index (χ1n) is 5.55. The van der Waals surface area contributed by atoms with Crippen LogP contribution in [-0.2, 0) is 11.2 Å². The smallest absolute Gasteiger partial charge is 0.242 e. The van der Waals surface area contributed by atoms with Crippen LogP contribution in [0.25, 0.3) is 0 Å². The van der Waals surface area contributed by atoms with Crippen molar-refractivity contribution in [3.8, 4) is 0 Å². The van der Waals surface area contributed by atoms with Crippen LogP contribution in [-0.4, -0.2) is 34.9 Å². The first kappa shape index (κ1) is 11.1. The molecule has 0 unspecified atom stereocenters. The highest BCUT2D eigenvalue weighted by atomic mass is 16.2. The van der Waals surface area contributed by atoms with Crippen molar-refractivity contribution < 1.29 is 4.79 Å². The second-order valence-electron chi connectivity index (χ2n) is 4.49. The molecule has 0 bridgehead atoms. The number of aromatic nitrogens is 1. The van der Waals surface area contributed by atoms with E-state index < -0.39 is 5.54 Å². The molecule has 1 amide bonds. The molecular formula is C12H17N3O. The third kappa shape index (κ3) is 2.39. The van der Waals surface area contributed by atoms with E-state index in [0.29, 0.717) is 6.54 Å². The maximum Gasteiger partial charge on any atom is 0.242 e. The van der Waals surface area contributed by atoms with Gasteiger partial charge in [-0.3, -0.25) is 9.78 Å². The van der Waals surface area contributed by atoms with Crippen molar-refractivity contribution in [1.29, 1.82) is 0 Å². The van der Waals surface area contributed by atoms with Crippen LogP contribution in [0.2, 0.25) is 0 Å². The fourth-order valence-corrected chi connectivity index (χ4v) is 1.67. The Labute approximate surface area is 95.5 Å². The Morgan fingerprint density at radius 3 is 2.94 bits per heavy atom. The number of nitrogens with two attached hydrogens (primary N) is 1. The number of likely N-dealkylation sites (N-methyl/N-ethyl adjacent to an activating group) is 1. The summed E-state index contributed by atoms with van der Waals surface area (Å²) in [4.78, 5) is 17.6. The van der Waals surface area contributed by atoms with Gasteiger partial charge < -0.3 is 10.6 Å². The van der Waals surface area contributed by atoms with Gasteiger partial charge in [0.05, 0.1) is 5.54 Å². The lowest BCUT2D eigenvalue weighted by Gasteiger charge is -2.20. The molecule has 0 saturated heterocycles. The van der Waals surface area contributed by atoms with Crippen molar-refractivity contribution in [2.75, 3.05) is 13.6 Å². The second-order valence-corrected chi connectivity index (χ2v) is 4.49. The zero-order valence-corrected chi connectivity index (χ0v) is 9.52. The molecule has 1 heterocycles. The van der Waals surface area contributed by atoms with Gasteiger partial charge in [0.25, 0.3) is 0 Å². The highest BCUT2D eigenvalue weighted by Gasteiger charge is 2.47. The number of pyridine rings is 1. The summed E-state index contributed by atoms with van der Waals surface area (Å²) < 4.78 is 0. The van der Waals surface area contributed by atoms with Crippen molar-refractivity contribution in [3.05, 3.63) is 30.1 Å². The highest BCUT2D eigenvalue weighted by Crippen LogP contribution is 2.33. The van der Waals surface area contributed by atoms with E-state index >= 15 is 0 Å². The molecule has 0 spiro atoms. The Balaban J connectivity index is 1.84. The zero-order chi connectivity index (χ0) is 11.6. The molecule has 2 N–H and O–H groups in total. The van der Waals surface area contributed by atoms with Crippen molar-refractivity contribution in [1.82, 2.24) is 9.88 Å². The fourth-order valence-electron chi connectivity index (χ4n) is 1.67. The monoisotopic (exact) mass is 219 g/mol. The van der Waals surface area contributed by atoms with Gasteiger partial charge in [-0.1, -0.05) is 6.07 Å². The number of hydrogen-bond donors (Lipinski definition) is 1. The molecule has 4 nitrogen and oxygen atoms in total. The molecule has 0 atom stereocenters. The van der Waals surface area contributed by atoms with Gasteiger partial charge in [0, 0.05) is 26.0 Å². The van der Waals surface area contributed by atoms with E-state index in [9.17, 15) is 4.79 Å². The van der Waals surface area contributed by atoms with Crippen molar-refractivity contribution in [2.45, 2.75) is 24.8 Å². The van der Waals surface area contributed by atoms with E-state index in [1.807, 2.05) is 25.4 Å². The molecule has 1 saturated carbocycles. The SMILES string of the molecule is CN(CCc1cccnc1)C(=O)C1(N)CC1. The maximum absolute atomic E-state index is 11.8. The zero-order valence-electron chi connectivity index (χ0n) is 9.52. The minimum absolute atomic E-state index is 0.0661. The predicted molar refractivity (Wildman–Crippen MR) is 61.7 cm³/mol. The minimum Gasteiger partial charge on any atom is -0.344 e. The summed E-state index contributed by atoms with van der Waals surface area (Å²) in [7, 11) is 1.81. The third-order valence-electron chi connectivity index (χ3n) is 3.02. The number of amides is 1. The highest BCUT2D eigenvalue weighted by molar-refractivity contribution is 5.88. The predicted octanol–water partition coefficient (Wildman–Crippen LogP) is 0.574. The molecule has 2 rings (SSSR count). The van der Waals surface area contributed by atoms with Crippen LogP contribution in [0.5, 0.6) is 0 Å². The fraction of sp³-hybridized carbons (Fsp3) is 0.500. The lowest BCUT2D eigenvalue weighted by molar-refractivity contribution is -0.132. The molecule has 4 heteroatoms. The summed E-state index contributed by atoms with van der Waals surface area (Å²) in [5.41, 5.74) is 6.45. The van der Waals surface area contributed by atoms with Gasteiger partial charge in [0.1, 0.15) is 0 Å². The van der Waals surface area contributed by atoms with E-state index in [1.165, 1.54) is 0 Å². The molecule has 1 fully saturated rings.